The first-order chi connectivity index (χ1) is 6.58. The van der Waals surface area contributed by atoms with Crippen molar-refractivity contribution in [2.75, 3.05) is 27.2 Å². The lowest BCUT2D eigenvalue weighted by molar-refractivity contribution is -0.120. The normalized spacial score (nSPS) is 18.3. The zero-order chi connectivity index (χ0) is 10.6. The van der Waals surface area contributed by atoms with Gasteiger partial charge in [-0.25, -0.2) is 0 Å². The van der Waals surface area contributed by atoms with Crippen molar-refractivity contribution in [1.29, 1.82) is 0 Å². The standard InChI is InChI=1S/C10H21N3O/c1-8(7-13(2)3)12-10(14)6-11-9-4-5-9/h8-9,11H,4-7H2,1-3H3,(H,12,14). The van der Waals surface area contributed by atoms with Gasteiger partial charge in [-0.2, -0.15) is 0 Å². The molecule has 0 aromatic rings. The zero-order valence-corrected chi connectivity index (χ0v) is 9.34. The van der Waals surface area contributed by atoms with E-state index in [1.807, 2.05) is 21.0 Å². The van der Waals surface area contributed by atoms with Gasteiger partial charge in [0.05, 0.1) is 6.54 Å². The number of rotatable bonds is 6. The lowest BCUT2D eigenvalue weighted by Gasteiger charge is -2.18. The van der Waals surface area contributed by atoms with Crippen molar-refractivity contribution >= 4 is 5.91 Å². The average Bonchev–Trinajstić information content (AvgIpc) is 2.81. The summed E-state index contributed by atoms with van der Waals surface area (Å²) < 4.78 is 0. The van der Waals surface area contributed by atoms with E-state index >= 15 is 0 Å². The van der Waals surface area contributed by atoms with Crippen LogP contribution in [-0.4, -0.2) is 50.1 Å². The minimum atomic E-state index is 0.103. The van der Waals surface area contributed by atoms with E-state index in [1.165, 1.54) is 12.8 Å². The fraction of sp³-hybridized carbons (Fsp3) is 0.900. The minimum Gasteiger partial charge on any atom is -0.351 e. The molecule has 0 radical (unpaired) electrons. The summed E-state index contributed by atoms with van der Waals surface area (Å²) in [6.45, 7) is 3.37. The molecule has 1 atom stereocenters. The predicted octanol–water partition coefficient (Wildman–Crippen LogP) is -0.195. The van der Waals surface area contributed by atoms with Gasteiger partial charge in [-0.3, -0.25) is 4.79 Å². The molecule has 0 aromatic heterocycles. The van der Waals surface area contributed by atoms with Crippen molar-refractivity contribution in [2.45, 2.75) is 31.8 Å². The van der Waals surface area contributed by atoms with E-state index in [2.05, 4.69) is 15.5 Å². The van der Waals surface area contributed by atoms with Crippen molar-refractivity contribution in [3.63, 3.8) is 0 Å². The highest BCUT2D eigenvalue weighted by Gasteiger charge is 2.21. The molecule has 82 valence electrons. The molecule has 0 spiro atoms. The number of likely N-dealkylation sites (N-methyl/N-ethyl adjacent to an activating group) is 1. The van der Waals surface area contributed by atoms with Gasteiger partial charge in [0.25, 0.3) is 0 Å². The summed E-state index contributed by atoms with van der Waals surface area (Å²) in [5.74, 6) is 0.103. The molecule has 1 rings (SSSR count). The Morgan fingerprint density at radius 2 is 2.14 bits per heavy atom. The van der Waals surface area contributed by atoms with E-state index < -0.39 is 0 Å². The van der Waals surface area contributed by atoms with Gasteiger partial charge in [-0.05, 0) is 33.9 Å². The molecule has 1 fully saturated rings. The van der Waals surface area contributed by atoms with Gasteiger partial charge < -0.3 is 15.5 Å². The summed E-state index contributed by atoms with van der Waals surface area (Å²) in [5.41, 5.74) is 0. The molecule has 0 saturated heterocycles. The Hall–Kier alpha value is -0.610. The second-order valence-electron chi connectivity index (χ2n) is 4.39. The third-order valence-electron chi connectivity index (χ3n) is 2.18. The third-order valence-corrected chi connectivity index (χ3v) is 2.18. The molecule has 4 nitrogen and oxygen atoms in total. The highest BCUT2D eigenvalue weighted by Crippen LogP contribution is 2.17. The maximum atomic E-state index is 11.4. The number of hydrogen-bond donors (Lipinski definition) is 2. The molecule has 1 unspecified atom stereocenters. The lowest BCUT2D eigenvalue weighted by Crippen LogP contribution is -2.43. The maximum absolute atomic E-state index is 11.4. The van der Waals surface area contributed by atoms with Crippen molar-refractivity contribution in [3.05, 3.63) is 0 Å². The van der Waals surface area contributed by atoms with Gasteiger partial charge in [0.1, 0.15) is 0 Å². The topological polar surface area (TPSA) is 44.4 Å². The van der Waals surface area contributed by atoms with Crippen LogP contribution in [0.1, 0.15) is 19.8 Å². The first kappa shape index (κ1) is 11.5. The largest absolute Gasteiger partial charge is 0.351 e. The average molecular weight is 199 g/mol. The van der Waals surface area contributed by atoms with Crippen LogP contribution in [0.4, 0.5) is 0 Å². The second kappa shape index (κ2) is 5.32. The molecular formula is C10H21N3O. The van der Waals surface area contributed by atoms with Crippen LogP contribution in [0.3, 0.4) is 0 Å². The van der Waals surface area contributed by atoms with Crippen LogP contribution >= 0.6 is 0 Å². The Labute approximate surface area is 86.0 Å². The van der Waals surface area contributed by atoms with Gasteiger partial charge in [0.2, 0.25) is 5.91 Å². The van der Waals surface area contributed by atoms with Gasteiger partial charge >= 0.3 is 0 Å². The van der Waals surface area contributed by atoms with Crippen molar-refractivity contribution in [1.82, 2.24) is 15.5 Å². The van der Waals surface area contributed by atoms with Crippen molar-refractivity contribution < 1.29 is 4.79 Å². The second-order valence-corrected chi connectivity index (χ2v) is 4.39. The Balaban J connectivity index is 2.05. The number of hydrogen-bond acceptors (Lipinski definition) is 3. The Kier molecular flexibility index (Phi) is 4.35. The van der Waals surface area contributed by atoms with Crippen LogP contribution in [0.5, 0.6) is 0 Å². The van der Waals surface area contributed by atoms with Crippen LogP contribution in [0, 0.1) is 0 Å². The zero-order valence-electron chi connectivity index (χ0n) is 9.34. The van der Waals surface area contributed by atoms with E-state index in [0.717, 1.165) is 6.54 Å². The van der Waals surface area contributed by atoms with Gasteiger partial charge in [0.15, 0.2) is 0 Å². The molecule has 14 heavy (non-hydrogen) atoms. The summed E-state index contributed by atoms with van der Waals surface area (Å²) in [7, 11) is 4.01. The number of amides is 1. The highest BCUT2D eigenvalue weighted by atomic mass is 16.2. The minimum absolute atomic E-state index is 0.103. The van der Waals surface area contributed by atoms with Crippen molar-refractivity contribution in [3.8, 4) is 0 Å². The van der Waals surface area contributed by atoms with Gasteiger partial charge in [-0.1, -0.05) is 0 Å². The molecule has 1 amide bonds. The van der Waals surface area contributed by atoms with Gasteiger partial charge in [0, 0.05) is 18.6 Å². The molecular weight excluding hydrogens is 178 g/mol. The summed E-state index contributed by atoms with van der Waals surface area (Å²) in [6.07, 6.45) is 2.45. The lowest BCUT2D eigenvalue weighted by atomic mass is 10.3. The Bertz CT molecular complexity index is 190. The quantitative estimate of drug-likeness (QED) is 0.623. The fourth-order valence-electron chi connectivity index (χ4n) is 1.44. The first-order valence-corrected chi connectivity index (χ1v) is 5.25. The number of carbonyl (C=O) groups excluding carboxylic acids is 1. The van der Waals surface area contributed by atoms with E-state index in [4.69, 9.17) is 0 Å². The fourth-order valence-corrected chi connectivity index (χ4v) is 1.44. The summed E-state index contributed by atoms with van der Waals surface area (Å²) in [4.78, 5) is 13.4. The van der Waals surface area contributed by atoms with Crippen LogP contribution in [0.2, 0.25) is 0 Å². The molecule has 2 N–H and O–H groups in total. The molecule has 4 heteroatoms. The van der Waals surface area contributed by atoms with Gasteiger partial charge in [-0.15, -0.1) is 0 Å². The van der Waals surface area contributed by atoms with E-state index in [-0.39, 0.29) is 11.9 Å². The van der Waals surface area contributed by atoms with Crippen LogP contribution in [0.25, 0.3) is 0 Å². The highest BCUT2D eigenvalue weighted by molar-refractivity contribution is 5.78. The molecule has 1 saturated carbocycles. The Morgan fingerprint density at radius 3 is 2.64 bits per heavy atom. The summed E-state index contributed by atoms with van der Waals surface area (Å²) in [5, 5.41) is 6.14. The van der Waals surface area contributed by atoms with E-state index in [1.54, 1.807) is 0 Å². The predicted molar refractivity (Wildman–Crippen MR) is 57.2 cm³/mol. The number of nitrogens with one attached hydrogen (secondary N) is 2. The molecule has 0 heterocycles. The Morgan fingerprint density at radius 1 is 1.50 bits per heavy atom. The van der Waals surface area contributed by atoms with E-state index in [9.17, 15) is 4.79 Å². The SMILES string of the molecule is CC(CN(C)C)NC(=O)CNC1CC1. The van der Waals surface area contributed by atoms with Crippen LogP contribution < -0.4 is 10.6 Å². The number of nitrogens with zero attached hydrogens (tertiary/aromatic N) is 1. The van der Waals surface area contributed by atoms with Crippen LogP contribution in [-0.2, 0) is 4.79 Å². The molecule has 0 bridgehead atoms. The van der Waals surface area contributed by atoms with E-state index in [0.29, 0.717) is 12.6 Å². The van der Waals surface area contributed by atoms with Crippen LogP contribution in [0.15, 0.2) is 0 Å². The van der Waals surface area contributed by atoms with Crippen molar-refractivity contribution in [2.24, 2.45) is 0 Å². The molecule has 0 aliphatic heterocycles. The monoisotopic (exact) mass is 199 g/mol. The molecule has 0 aromatic carbocycles. The molecule has 1 aliphatic rings. The summed E-state index contributed by atoms with van der Waals surface area (Å²) >= 11 is 0. The first-order valence-electron chi connectivity index (χ1n) is 5.25. The smallest absolute Gasteiger partial charge is 0.234 e. The molecule has 1 aliphatic carbocycles. The third kappa shape index (κ3) is 5.19. The number of carbonyl (C=O) groups is 1. The maximum Gasteiger partial charge on any atom is 0.234 e. The summed E-state index contributed by atoms with van der Waals surface area (Å²) in [6, 6.07) is 0.823.